The summed E-state index contributed by atoms with van der Waals surface area (Å²) in [7, 11) is 0. The summed E-state index contributed by atoms with van der Waals surface area (Å²) in [6.45, 7) is 4.60. The van der Waals surface area contributed by atoms with Crippen LogP contribution in [0.2, 0.25) is 0 Å². The highest BCUT2D eigenvalue weighted by Crippen LogP contribution is 2.39. The van der Waals surface area contributed by atoms with Gasteiger partial charge in [-0.05, 0) is 29.0 Å². The standard InChI is InChI=1S/C20H16O2.C15H30O2/c21-19(22)20(16-10-4-1-5-11-16,17-12-6-2-7-13-17)18-14-8-3-9-15-18;1-3-14(2)12-10-8-6-4-5-7-9-11-13-15(16)17/h1-15H,(H,21,22);14H,3-13H2,1-2H3,(H,16,17). The first kappa shape index (κ1) is 31.8. The molecule has 0 aliphatic heterocycles. The molecular weight excluding hydrogens is 484 g/mol. The van der Waals surface area contributed by atoms with Crippen molar-refractivity contribution in [3.63, 3.8) is 0 Å². The lowest BCUT2D eigenvalue weighted by atomic mass is 9.69. The van der Waals surface area contributed by atoms with Gasteiger partial charge in [-0.2, -0.15) is 0 Å². The highest BCUT2D eigenvalue weighted by atomic mass is 16.4. The van der Waals surface area contributed by atoms with E-state index in [9.17, 15) is 14.7 Å². The second-order valence-corrected chi connectivity index (χ2v) is 10.4. The van der Waals surface area contributed by atoms with Crippen LogP contribution in [0.3, 0.4) is 0 Å². The Morgan fingerprint density at radius 1 is 0.615 bits per heavy atom. The van der Waals surface area contributed by atoms with Crippen molar-refractivity contribution < 1.29 is 19.8 Å². The first-order valence-corrected chi connectivity index (χ1v) is 14.5. The Balaban J connectivity index is 0.000000285. The van der Waals surface area contributed by atoms with Crippen molar-refractivity contribution in [2.75, 3.05) is 0 Å². The molecule has 2 N–H and O–H groups in total. The molecule has 3 aromatic carbocycles. The number of carboxylic acids is 2. The van der Waals surface area contributed by atoms with Gasteiger partial charge in [-0.25, -0.2) is 0 Å². The fourth-order valence-electron chi connectivity index (χ4n) is 4.97. The van der Waals surface area contributed by atoms with E-state index >= 15 is 0 Å². The minimum absolute atomic E-state index is 0.342. The number of unbranched alkanes of at least 4 members (excludes halogenated alkanes) is 7. The van der Waals surface area contributed by atoms with Gasteiger partial charge in [0.25, 0.3) is 0 Å². The second-order valence-electron chi connectivity index (χ2n) is 10.4. The van der Waals surface area contributed by atoms with E-state index in [1.807, 2.05) is 91.0 Å². The zero-order chi connectivity index (χ0) is 28.3. The maximum atomic E-state index is 12.4. The molecule has 0 spiro atoms. The molecule has 0 radical (unpaired) electrons. The van der Waals surface area contributed by atoms with Crippen molar-refractivity contribution in [1.29, 1.82) is 0 Å². The third-order valence-electron chi connectivity index (χ3n) is 7.48. The molecule has 0 aromatic heterocycles. The van der Waals surface area contributed by atoms with Crippen molar-refractivity contribution in [2.45, 2.75) is 89.9 Å². The van der Waals surface area contributed by atoms with Gasteiger partial charge >= 0.3 is 11.9 Å². The fraction of sp³-hybridized carbons (Fsp3) is 0.429. The van der Waals surface area contributed by atoms with Gasteiger partial charge in [0, 0.05) is 6.42 Å². The molecule has 0 saturated carbocycles. The third-order valence-corrected chi connectivity index (χ3v) is 7.48. The Kier molecular flexibility index (Phi) is 14.7. The molecule has 3 aromatic rings. The van der Waals surface area contributed by atoms with Crippen LogP contribution in [0.5, 0.6) is 0 Å². The first-order chi connectivity index (χ1) is 18.9. The number of carboxylic acid groups (broad SMARTS) is 2. The predicted octanol–water partition coefficient (Wildman–Crippen LogP) is 9.12. The molecule has 0 heterocycles. The smallest absolute Gasteiger partial charge is 0.323 e. The Bertz CT molecular complexity index is 967. The number of hydrogen-bond donors (Lipinski definition) is 2. The Morgan fingerprint density at radius 3 is 1.31 bits per heavy atom. The Hall–Kier alpha value is -3.40. The summed E-state index contributed by atoms with van der Waals surface area (Å²) in [5.74, 6) is -0.642. The lowest BCUT2D eigenvalue weighted by Crippen LogP contribution is -2.38. The molecule has 39 heavy (non-hydrogen) atoms. The third kappa shape index (κ3) is 10.4. The predicted molar refractivity (Wildman–Crippen MR) is 160 cm³/mol. The van der Waals surface area contributed by atoms with Crippen molar-refractivity contribution in [3.05, 3.63) is 108 Å². The molecular formula is C35H46O4. The molecule has 0 saturated heterocycles. The largest absolute Gasteiger partial charge is 0.481 e. The number of hydrogen-bond acceptors (Lipinski definition) is 2. The summed E-state index contributed by atoms with van der Waals surface area (Å²) < 4.78 is 0. The van der Waals surface area contributed by atoms with Crippen molar-refractivity contribution in [1.82, 2.24) is 0 Å². The minimum Gasteiger partial charge on any atom is -0.481 e. The van der Waals surface area contributed by atoms with Gasteiger partial charge in [-0.1, -0.05) is 163 Å². The van der Waals surface area contributed by atoms with Crippen molar-refractivity contribution in [2.24, 2.45) is 5.92 Å². The van der Waals surface area contributed by atoms with Gasteiger partial charge in [0.15, 0.2) is 0 Å². The number of carbonyl (C=O) groups is 2. The minimum atomic E-state index is -1.20. The Morgan fingerprint density at radius 2 is 0.974 bits per heavy atom. The first-order valence-electron chi connectivity index (χ1n) is 14.5. The summed E-state index contributed by atoms with van der Waals surface area (Å²) in [6.07, 6.45) is 12.9. The Labute approximate surface area is 235 Å². The molecule has 4 nitrogen and oxygen atoms in total. The maximum absolute atomic E-state index is 12.4. The molecule has 3 rings (SSSR count). The average molecular weight is 531 g/mol. The molecule has 0 aliphatic rings. The lowest BCUT2D eigenvalue weighted by Gasteiger charge is -2.31. The van der Waals surface area contributed by atoms with Crippen LogP contribution in [0.4, 0.5) is 0 Å². The van der Waals surface area contributed by atoms with E-state index in [0.717, 1.165) is 35.4 Å². The maximum Gasteiger partial charge on any atom is 0.323 e. The van der Waals surface area contributed by atoms with E-state index in [2.05, 4.69) is 13.8 Å². The number of aliphatic carboxylic acids is 2. The van der Waals surface area contributed by atoms with Gasteiger partial charge < -0.3 is 10.2 Å². The highest BCUT2D eigenvalue weighted by Gasteiger charge is 2.43. The summed E-state index contributed by atoms with van der Waals surface area (Å²) in [5, 5.41) is 18.7. The summed E-state index contributed by atoms with van der Waals surface area (Å²) >= 11 is 0. The summed E-state index contributed by atoms with van der Waals surface area (Å²) in [4.78, 5) is 22.7. The van der Waals surface area contributed by atoms with E-state index < -0.39 is 17.4 Å². The van der Waals surface area contributed by atoms with Crippen LogP contribution in [0.15, 0.2) is 91.0 Å². The van der Waals surface area contributed by atoms with Gasteiger partial charge in [-0.15, -0.1) is 0 Å². The van der Waals surface area contributed by atoms with Crippen LogP contribution in [-0.4, -0.2) is 22.2 Å². The van der Waals surface area contributed by atoms with Crippen LogP contribution in [0.25, 0.3) is 0 Å². The number of rotatable bonds is 16. The second kappa shape index (κ2) is 18.0. The molecule has 0 aliphatic carbocycles. The molecule has 4 heteroatoms. The monoisotopic (exact) mass is 530 g/mol. The van der Waals surface area contributed by atoms with Crippen molar-refractivity contribution in [3.8, 4) is 0 Å². The van der Waals surface area contributed by atoms with Gasteiger partial charge in [-0.3, -0.25) is 9.59 Å². The fourth-order valence-corrected chi connectivity index (χ4v) is 4.97. The summed E-state index contributed by atoms with van der Waals surface area (Å²) in [6, 6.07) is 28.1. The molecule has 0 bridgehead atoms. The number of benzene rings is 3. The van der Waals surface area contributed by atoms with Gasteiger partial charge in [0.1, 0.15) is 5.41 Å². The van der Waals surface area contributed by atoms with Crippen LogP contribution in [-0.2, 0) is 15.0 Å². The zero-order valence-corrected chi connectivity index (χ0v) is 23.7. The molecule has 1 atom stereocenters. The molecule has 0 fully saturated rings. The van der Waals surface area contributed by atoms with E-state index in [4.69, 9.17) is 5.11 Å². The van der Waals surface area contributed by atoms with Crippen LogP contribution < -0.4 is 0 Å². The highest BCUT2D eigenvalue weighted by molar-refractivity contribution is 5.90. The zero-order valence-electron chi connectivity index (χ0n) is 23.7. The SMILES string of the molecule is CCC(C)CCCCCCCCCCC(=O)O.O=C(O)C(c1ccccc1)(c1ccccc1)c1ccccc1. The van der Waals surface area contributed by atoms with Crippen LogP contribution >= 0.6 is 0 Å². The van der Waals surface area contributed by atoms with E-state index in [1.54, 1.807) is 0 Å². The topological polar surface area (TPSA) is 74.6 Å². The molecule has 210 valence electrons. The summed E-state index contributed by atoms with van der Waals surface area (Å²) in [5.41, 5.74) is 1.05. The lowest BCUT2D eigenvalue weighted by molar-refractivity contribution is -0.140. The van der Waals surface area contributed by atoms with E-state index in [-0.39, 0.29) is 0 Å². The average Bonchev–Trinajstić information content (AvgIpc) is 2.96. The van der Waals surface area contributed by atoms with Gasteiger partial charge in [0.05, 0.1) is 0 Å². The van der Waals surface area contributed by atoms with E-state index in [1.165, 1.54) is 51.4 Å². The normalized spacial score (nSPS) is 11.7. The quantitative estimate of drug-likeness (QED) is 0.143. The van der Waals surface area contributed by atoms with Gasteiger partial charge in [0.2, 0.25) is 0 Å². The van der Waals surface area contributed by atoms with Crippen molar-refractivity contribution >= 4 is 11.9 Å². The van der Waals surface area contributed by atoms with Crippen LogP contribution in [0, 0.1) is 5.92 Å². The van der Waals surface area contributed by atoms with Crippen LogP contribution in [0.1, 0.15) is 101 Å². The molecule has 1 unspecified atom stereocenters. The van der Waals surface area contributed by atoms with E-state index in [0.29, 0.717) is 6.42 Å². The molecule has 0 amide bonds.